The number of benzene rings is 2. The van der Waals surface area contributed by atoms with Gasteiger partial charge < -0.3 is 10.1 Å². The standard InChI is InChI=1S/C24H22FN5O3S/c1-24(12-13-24)33-22-21-20(11-10-19(28-21)16-4-6-17(25)7-5-16)29-23(30-22)27-14-15-2-8-18(9-3-15)34(26,31)32/h2-11H,12-14H2,1H3,(H2,26,31,32)(H,27,29,30). The van der Waals surface area contributed by atoms with Crippen molar-refractivity contribution in [3.63, 3.8) is 0 Å². The van der Waals surface area contributed by atoms with E-state index in [0.29, 0.717) is 35.1 Å². The zero-order chi connectivity index (χ0) is 23.9. The van der Waals surface area contributed by atoms with E-state index < -0.39 is 10.0 Å². The first-order valence-electron chi connectivity index (χ1n) is 10.7. The Labute approximate surface area is 196 Å². The van der Waals surface area contributed by atoms with E-state index in [4.69, 9.17) is 14.9 Å². The van der Waals surface area contributed by atoms with Crippen LogP contribution in [-0.4, -0.2) is 29.0 Å². The number of sulfonamides is 1. The lowest BCUT2D eigenvalue weighted by atomic mass is 10.1. The van der Waals surface area contributed by atoms with E-state index in [2.05, 4.69) is 15.3 Å². The van der Waals surface area contributed by atoms with Gasteiger partial charge in [-0.15, -0.1) is 0 Å². The summed E-state index contributed by atoms with van der Waals surface area (Å²) in [5, 5.41) is 8.31. The molecule has 0 amide bonds. The number of anilines is 1. The van der Waals surface area contributed by atoms with Crippen LogP contribution in [0.4, 0.5) is 10.3 Å². The summed E-state index contributed by atoms with van der Waals surface area (Å²) in [7, 11) is -3.74. The van der Waals surface area contributed by atoms with Crippen molar-refractivity contribution >= 4 is 27.0 Å². The number of nitrogens with zero attached hydrogens (tertiary/aromatic N) is 3. The zero-order valence-corrected chi connectivity index (χ0v) is 19.1. The van der Waals surface area contributed by atoms with Crippen molar-refractivity contribution < 1.29 is 17.5 Å². The molecule has 2 heterocycles. The van der Waals surface area contributed by atoms with Crippen LogP contribution >= 0.6 is 0 Å². The molecule has 0 spiro atoms. The minimum absolute atomic E-state index is 0.0506. The monoisotopic (exact) mass is 479 g/mol. The average molecular weight is 480 g/mol. The molecule has 2 aromatic carbocycles. The zero-order valence-electron chi connectivity index (χ0n) is 18.3. The van der Waals surface area contributed by atoms with Gasteiger partial charge in [-0.25, -0.2) is 27.9 Å². The second-order valence-electron chi connectivity index (χ2n) is 8.52. The summed E-state index contributed by atoms with van der Waals surface area (Å²) < 4.78 is 42.4. The molecule has 2 aromatic heterocycles. The molecule has 0 radical (unpaired) electrons. The third kappa shape index (κ3) is 4.82. The Morgan fingerprint density at radius 3 is 2.35 bits per heavy atom. The molecule has 5 rings (SSSR count). The first-order chi connectivity index (χ1) is 16.2. The van der Waals surface area contributed by atoms with Crippen LogP contribution in [0.15, 0.2) is 65.6 Å². The molecule has 0 aliphatic heterocycles. The van der Waals surface area contributed by atoms with Gasteiger partial charge in [0, 0.05) is 12.1 Å². The van der Waals surface area contributed by atoms with Crippen molar-refractivity contribution in [2.45, 2.75) is 36.8 Å². The number of primary sulfonamides is 1. The second kappa shape index (κ2) is 8.30. The normalized spacial score (nSPS) is 14.7. The summed E-state index contributed by atoms with van der Waals surface area (Å²) in [5.74, 6) is 0.424. The summed E-state index contributed by atoms with van der Waals surface area (Å²) in [6, 6.07) is 16.0. The number of pyridine rings is 1. The smallest absolute Gasteiger partial charge is 0.246 e. The molecule has 4 aromatic rings. The Morgan fingerprint density at radius 1 is 1.00 bits per heavy atom. The van der Waals surface area contributed by atoms with Crippen LogP contribution in [0.25, 0.3) is 22.3 Å². The fourth-order valence-electron chi connectivity index (χ4n) is 3.41. The number of hydrogen-bond acceptors (Lipinski definition) is 7. The van der Waals surface area contributed by atoms with Gasteiger partial charge in [0.05, 0.1) is 16.1 Å². The third-order valence-electron chi connectivity index (χ3n) is 5.65. The maximum Gasteiger partial charge on any atom is 0.246 e. The molecule has 1 fully saturated rings. The van der Waals surface area contributed by atoms with Gasteiger partial charge >= 0.3 is 0 Å². The third-order valence-corrected chi connectivity index (χ3v) is 6.58. The van der Waals surface area contributed by atoms with E-state index in [1.54, 1.807) is 24.3 Å². The highest BCUT2D eigenvalue weighted by atomic mass is 32.2. The Balaban J connectivity index is 1.45. The molecular weight excluding hydrogens is 457 g/mol. The van der Waals surface area contributed by atoms with Gasteiger partial charge in [0.1, 0.15) is 11.4 Å². The highest BCUT2D eigenvalue weighted by Gasteiger charge is 2.41. The lowest BCUT2D eigenvalue weighted by Crippen LogP contribution is -2.15. The Kier molecular flexibility index (Phi) is 5.41. The van der Waals surface area contributed by atoms with E-state index >= 15 is 0 Å². The first-order valence-corrected chi connectivity index (χ1v) is 12.2. The minimum Gasteiger partial charge on any atom is -0.470 e. The minimum atomic E-state index is -3.74. The van der Waals surface area contributed by atoms with Crippen LogP contribution < -0.4 is 15.2 Å². The second-order valence-corrected chi connectivity index (χ2v) is 10.1. The molecule has 0 bridgehead atoms. The number of halogens is 1. The summed E-state index contributed by atoms with van der Waals surface area (Å²) in [4.78, 5) is 13.9. The van der Waals surface area contributed by atoms with Crippen LogP contribution in [0, 0.1) is 5.82 Å². The van der Waals surface area contributed by atoms with Crippen LogP contribution in [0.1, 0.15) is 25.3 Å². The predicted octanol–water partition coefficient (Wildman–Crippen LogP) is 4.02. The van der Waals surface area contributed by atoms with Gasteiger partial charge in [0.2, 0.25) is 21.9 Å². The van der Waals surface area contributed by atoms with Crippen LogP contribution in [-0.2, 0) is 16.6 Å². The lowest BCUT2D eigenvalue weighted by Gasteiger charge is -2.15. The number of fused-ring (bicyclic) bond motifs is 1. The van der Waals surface area contributed by atoms with E-state index in [1.807, 2.05) is 19.1 Å². The molecule has 1 saturated carbocycles. The van der Waals surface area contributed by atoms with E-state index in [9.17, 15) is 12.8 Å². The topological polar surface area (TPSA) is 120 Å². The molecule has 174 valence electrons. The van der Waals surface area contributed by atoms with Crippen molar-refractivity contribution in [2.75, 3.05) is 5.32 Å². The Bertz CT molecular complexity index is 1470. The largest absolute Gasteiger partial charge is 0.470 e. The molecule has 0 saturated heterocycles. The van der Waals surface area contributed by atoms with Gasteiger partial charge in [0.25, 0.3) is 0 Å². The Morgan fingerprint density at radius 2 is 1.71 bits per heavy atom. The maximum atomic E-state index is 13.3. The fraction of sp³-hybridized carbons (Fsp3) is 0.208. The maximum absolute atomic E-state index is 13.3. The lowest BCUT2D eigenvalue weighted by molar-refractivity contribution is 0.194. The molecule has 1 aliphatic rings. The molecule has 1 aliphatic carbocycles. The van der Waals surface area contributed by atoms with Gasteiger partial charge in [-0.3, -0.25) is 0 Å². The molecular formula is C24H22FN5O3S. The SMILES string of the molecule is CC1(Oc2nc(NCc3ccc(S(N)(=O)=O)cc3)nc3ccc(-c4ccc(F)cc4)nc23)CC1. The van der Waals surface area contributed by atoms with Crippen molar-refractivity contribution in [1.29, 1.82) is 0 Å². The van der Waals surface area contributed by atoms with Crippen molar-refractivity contribution in [2.24, 2.45) is 5.14 Å². The first kappa shape index (κ1) is 22.2. The van der Waals surface area contributed by atoms with Crippen LogP contribution in [0.5, 0.6) is 5.88 Å². The van der Waals surface area contributed by atoms with Crippen LogP contribution in [0.3, 0.4) is 0 Å². The highest BCUT2D eigenvalue weighted by molar-refractivity contribution is 7.89. The van der Waals surface area contributed by atoms with Gasteiger partial charge in [-0.2, -0.15) is 4.98 Å². The number of nitrogens with two attached hydrogens (primary N) is 1. The molecule has 3 N–H and O–H groups in total. The van der Waals surface area contributed by atoms with Crippen LogP contribution in [0.2, 0.25) is 0 Å². The van der Waals surface area contributed by atoms with Crippen molar-refractivity contribution in [3.05, 3.63) is 72.0 Å². The number of rotatable bonds is 7. The van der Waals surface area contributed by atoms with Gasteiger partial charge in [-0.1, -0.05) is 12.1 Å². The summed E-state index contributed by atoms with van der Waals surface area (Å²) in [5.41, 5.74) is 3.12. The number of nitrogens with one attached hydrogen (secondary N) is 1. The van der Waals surface area contributed by atoms with E-state index in [1.165, 1.54) is 24.3 Å². The van der Waals surface area contributed by atoms with E-state index in [0.717, 1.165) is 24.0 Å². The summed E-state index contributed by atoms with van der Waals surface area (Å²) in [6.07, 6.45) is 1.85. The molecule has 0 unspecified atom stereocenters. The van der Waals surface area contributed by atoms with Crippen molar-refractivity contribution in [3.8, 4) is 17.1 Å². The van der Waals surface area contributed by atoms with Crippen molar-refractivity contribution in [1.82, 2.24) is 15.0 Å². The molecule has 8 nitrogen and oxygen atoms in total. The highest BCUT2D eigenvalue weighted by Crippen LogP contribution is 2.40. The quantitative estimate of drug-likeness (QED) is 0.411. The number of ether oxygens (including phenoxy) is 1. The number of aromatic nitrogens is 3. The summed E-state index contributed by atoms with van der Waals surface area (Å²) in [6.45, 7) is 2.39. The predicted molar refractivity (Wildman–Crippen MR) is 126 cm³/mol. The number of hydrogen-bond donors (Lipinski definition) is 2. The Hall–Kier alpha value is -3.63. The van der Waals surface area contributed by atoms with Gasteiger partial charge in [0.15, 0.2) is 5.52 Å². The fourth-order valence-corrected chi connectivity index (χ4v) is 3.92. The molecule has 34 heavy (non-hydrogen) atoms. The molecule has 0 atom stereocenters. The molecule has 10 heteroatoms. The van der Waals surface area contributed by atoms with Gasteiger partial charge in [-0.05, 0) is 73.9 Å². The summed E-state index contributed by atoms with van der Waals surface area (Å²) >= 11 is 0. The average Bonchev–Trinajstić information content (AvgIpc) is 3.54. The van der Waals surface area contributed by atoms with E-state index in [-0.39, 0.29) is 16.3 Å².